The van der Waals surface area contributed by atoms with Crippen LogP contribution in [-0.4, -0.2) is 17.7 Å². The van der Waals surface area contributed by atoms with Gasteiger partial charge in [0, 0.05) is 0 Å². The molecule has 0 saturated heterocycles. The van der Waals surface area contributed by atoms with Crippen molar-refractivity contribution in [1.82, 2.24) is 0 Å². The van der Waals surface area contributed by atoms with Gasteiger partial charge in [-0.3, -0.25) is 0 Å². The second-order valence-electron chi connectivity index (χ2n) is 2.53. The Labute approximate surface area is 74.7 Å². The maximum Gasteiger partial charge on any atom is 0.339 e. The van der Waals surface area contributed by atoms with Crippen molar-refractivity contribution < 1.29 is 19.4 Å². The maximum absolute atomic E-state index is 10.7. The predicted molar refractivity (Wildman–Crippen MR) is 43.8 cm³/mol. The van der Waals surface area contributed by atoms with Crippen molar-refractivity contribution in [2.75, 3.05) is 6.61 Å². The number of ether oxygens (including phenoxy) is 2. The molecular formula is C9H7O4. The lowest BCUT2D eigenvalue weighted by molar-refractivity contribution is 0.0689. The first-order valence-electron chi connectivity index (χ1n) is 3.76. The number of aromatic carboxylic acids is 1. The molecule has 0 fully saturated rings. The van der Waals surface area contributed by atoms with Crippen LogP contribution in [0.5, 0.6) is 11.5 Å². The van der Waals surface area contributed by atoms with Crippen LogP contribution in [0.15, 0.2) is 18.2 Å². The van der Waals surface area contributed by atoms with Crippen LogP contribution in [-0.2, 0) is 0 Å². The molecule has 0 saturated carbocycles. The molecular weight excluding hydrogens is 172 g/mol. The number of benzene rings is 1. The standard InChI is InChI=1S/C9H7O4/c10-9(11)6-2-1-3-7-8(6)13-5-4-12-7/h1-4H,5H2,(H,10,11). The molecule has 1 aromatic rings. The van der Waals surface area contributed by atoms with Crippen molar-refractivity contribution in [2.45, 2.75) is 0 Å². The topological polar surface area (TPSA) is 55.8 Å². The summed E-state index contributed by atoms with van der Waals surface area (Å²) >= 11 is 0. The molecule has 2 rings (SSSR count). The molecule has 0 amide bonds. The third kappa shape index (κ3) is 1.30. The summed E-state index contributed by atoms with van der Waals surface area (Å²) in [6.07, 6.45) is 0. The van der Waals surface area contributed by atoms with Crippen LogP contribution in [0, 0.1) is 6.61 Å². The number of para-hydroxylation sites is 1. The van der Waals surface area contributed by atoms with E-state index >= 15 is 0 Å². The van der Waals surface area contributed by atoms with Crippen molar-refractivity contribution in [3.8, 4) is 11.5 Å². The molecule has 0 unspecified atom stereocenters. The molecule has 4 heteroatoms. The summed E-state index contributed by atoms with van der Waals surface area (Å²) in [7, 11) is 0. The van der Waals surface area contributed by atoms with Gasteiger partial charge in [0.15, 0.2) is 18.1 Å². The molecule has 0 bridgehead atoms. The van der Waals surface area contributed by atoms with Crippen molar-refractivity contribution in [2.24, 2.45) is 0 Å². The van der Waals surface area contributed by atoms with E-state index in [0.717, 1.165) is 0 Å². The van der Waals surface area contributed by atoms with E-state index in [1.807, 2.05) is 0 Å². The lowest BCUT2D eigenvalue weighted by Gasteiger charge is -2.18. The molecule has 13 heavy (non-hydrogen) atoms. The van der Waals surface area contributed by atoms with E-state index in [-0.39, 0.29) is 12.2 Å². The zero-order chi connectivity index (χ0) is 9.26. The Kier molecular flexibility index (Phi) is 1.81. The summed E-state index contributed by atoms with van der Waals surface area (Å²) in [5, 5.41) is 8.80. The van der Waals surface area contributed by atoms with E-state index in [4.69, 9.17) is 14.6 Å². The molecule has 1 N–H and O–H groups in total. The van der Waals surface area contributed by atoms with E-state index in [1.165, 1.54) is 12.7 Å². The Balaban J connectivity index is 2.52. The second kappa shape index (κ2) is 2.97. The fraction of sp³-hybridized carbons (Fsp3) is 0.111. The number of carboxylic acid groups (broad SMARTS) is 1. The molecule has 0 spiro atoms. The first-order valence-corrected chi connectivity index (χ1v) is 3.76. The number of carbonyl (C=O) groups is 1. The van der Waals surface area contributed by atoms with Gasteiger partial charge in [0.1, 0.15) is 12.2 Å². The van der Waals surface area contributed by atoms with Crippen molar-refractivity contribution in [3.63, 3.8) is 0 Å². The number of carboxylic acids is 1. The average molecular weight is 179 g/mol. The van der Waals surface area contributed by atoms with Crippen LogP contribution in [0.4, 0.5) is 0 Å². The van der Waals surface area contributed by atoms with Crippen molar-refractivity contribution in [3.05, 3.63) is 30.4 Å². The highest BCUT2D eigenvalue weighted by molar-refractivity contribution is 5.92. The Bertz CT molecular complexity index is 345. The van der Waals surface area contributed by atoms with Gasteiger partial charge in [-0.15, -0.1) is 0 Å². The van der Waals surface area contributed by atoms with E-state index in [2.05, 4.69) is 0 Å². The monoisotopic (exact) mass is 179 g/mol. The summed E-state index contributed by atoms with van der Waals surface area (Å²) in [6, 6.07) is 4.76. The summed E-state index contributed by atoms with van der Waals surface area (Å²) < 4.78 is 10.3. The van der Waals surface area contributed by atoms with Gasteiger partial charge in [-0.05, 0) is 12.1 Å². The highest BCUT2D eigenvalue weighted by Gasteiger charge is 2.19. The van der Waals surface area contributed by atoms with Crippen LogP contribution >= 0.6 is 0 Å². The lowest BCUT2D eigenvalue weighted by atomic mass is 10.2. The first kappa shape index (κ1) is 7.91. The largest absolute Gasteiger partial charge is 0.485 e. The Hall–Kier alpha value is -1.71. The fourth-order valence-electron chi connectivity index (χ4n) is 1.17. The highest BCUT2D eigenvalue weighted by Crippen LogP contribution is 2.34. The number of hydrogen-bond donors (Lipinski definition) is 1. The second-order valence-corrected chi connectivity index (χ2v) is 2.53. The number of fused-ring (bicyclic) bond motifs is 1. The van der Waals surface area contributed by atoms with E-state index in [9.17, 15) is 4.79 Å². The minimum Gasteiger partial charge on any atom is -0.485 e. The summed E-state index contributed by atoms with van der Waals surface area (Å²) in [6.45, 7) is 1.76. The van der Waals surface area contributed by atoms with Crippen LogP contribution < -0.4 is 9.47 Å². The molecule has 1 aliphatic rings. The minimum absolute atomic E-state index is 0.130. The number of hydrogen-bond acceptors (Lipinski definition) is 3. The average Bonchev–Trinajstić information content (AvgIpc) is 2.17. The molecule has 67 valence electrons. The van der Waals surface area contributed by atoms with Crippen LogP contribution in [0.25, 0.3) is 0 Å². The zero-order valence-corrected chi connectivity index (χ0v) is 6.69. The lowest BCUT2D eigenvalue weighted by Crippen LogP contribution is -2.13. The minimum atomic E-state index is -1.01. The van der Waals surface area contributed by atoms with Crippen molar-refractivity contribution in [1.29, 1.82) is 0 Å². The smallest absolute Gasteiger partial charge is 0.339 e. The SMILES string of the molecule is O=C(O)c1cccc2c1OC[CH]O2. The Morgan fingerprint density at radius 2 is 2.31 bits per heavy atom. The molecule has 0 atom stereocenters. The van der Waals surface area contributed by atoms with Gasteiger partial charge in [0.05, 0.1) is 0 Å². The quantitative estimate of drug-likeness (QED) is 0.706. The van der Waals surface area contributed by atoms with Crippen molar-refractivity contribution >= 4 is 5.97 Å². The van der Waals surface area contributed by atoms with Crippen LogP contribution in [0.1, 0.15) is 10.4 Å². The van der Waals surface area contributed by atoms with Gasteiger partial charge in [-0.25, -0.2) is 4.79 Å². The van der Waals surface area contributed by atoms with E-state index in [1.54, 1.807) is 12.1 Å². The van der Waals surface area contributed by atoms with Gasteiger partial charge >= 0.3 is 5.97 Å². The third-order valence-corrected chi connectivity index (χ3v) is 1.72. The molecule has 0 aromatic heterocycles. The Morgan fingerprint density at radius 1 is 1.46 bits per heavy atom. The van der Waals surface area contributed by atoms with Gasteiger partial charge in [-0.2, -0.15) is 0 Å². The highest BCUT2D eigenvalue weighted by atomic mass is 16.6. The normalized spacial score (nSPS) is 13.8. The third-order valence-electron chi connectivity index (χ3n) is 1.72. The van der Waals surface area contributed by atoms with Gasteiger partial charge in [-0.1, -0.05) is 6.07 Å². The zero-order valence-electron chi connectivity index (χ0n) is 6.69. The Morgan fingerprint density at radius 3 is 3.08 bits per heavy atom. The summed E-state index contributed by atoms with van der Waals surface area (Å²) in [4.78, 5) is 10.7. The molecule has 1 aromatic carbocycles. The van der Waals surface area contributed by atoms with Gasteiger partial charge < -0.3 is 14.6 Å². The van der Waals surface area contributed by atoms with Crippen LogP contribution in [0.3, 0.4) is 0 Å². The molecule has 1 heterocycles. The summed E-state index contributed by atoms with van der Waals surface area (Å²) in [5.41, 5.74) is 0.130. The maximum atomic E-state index is 10.7. The molecule has 0 aliphatic carbocycles. The molecule has 1 radical (unpaired) electrons. The molecule has 1 aliphatic heterocycles. The van der Waals surface area contributed by atoms with E-state index < -0.39 is 5.97 Å². The number of rotatable bonds is 1. The van der Waals surface area contributed by atoms with E-state index in [0.29, 0.717) is 11.5 Å². The van der Waals surface area contributed by atoms with Gasteiger partial charge in [0.2, 0.25) is 0 Å². The fourth-order valence-corrected chi connectivity index (χ4v) is 1.17. The van der Waals surface area contributed by atoms with Crippen LogP contribution in [0.2, 0.25) is 0 Å². The van der Waals surface area contributed by atoms with Gasteiger partial charge in [0.25, 0.3) is 0 Å². The predicted octanol–water partition coefficient (Wildman–Crippen LogP) is 1.32. The first-order chi connectivity index (χ1) is 6.29. The molecule has 4 nitrogen and oxygen atoms in total. The summed E-state index contributed by atoms with van der Waals surface area (Å²) in [5.74, 6) is -0.258.